The van der Waals surface area contributed by atoms with Gasteiger partial charge in [-0.25, -0.2) is 0 Å². The number of rotatable bonds is 2. The second-order valence-electron chi connectivity index (χ2n) is 10.3. The van der Waals surface area contributed by atoms with Crippen molar-refractivity contribution in [3.63, 3.8) is 0 Å². The molecule has 28 heavy (non-hydrogen) atoms. The third-order valence-corrected chi connectivity index (χ3v) is 9.16. The largest absolute Gasteiger partial charge is 0.392 e. The van der Waals surface area contributed by atoms with Crippen LogP contribution >= 0.6 is 0 Å². The molecule has 0 aromatic rings. The van der Waals surface area contributed by atoms with Crippen LogP contribution in [0.15, 0.2) is 23.3 Å². The molecule has 7 atom stereocenters. The minimum absolute atomic E-state index is 0.0340. The van der Waals surface area contributed by atoms with Crippen LogP contribution in [0.5, 0.6) is 0 Å². The van der Waals surface area contributed by atoms with Crippen molar-refractivity contribution in [1.82, 2.24) is 4.90 Å². The Hall–Kier alpha value is -1.17. The monoisotopic (exact) mass is 385 g/mol. The van der Waals surface area contributed by atoms with Crippen molar-refractivity contribution < 1.29 is 19.4 Å². The Morgan fingerprint density at radius 2 is 2.18 bits per heavy atom. The van der Waals surface area contributed by atoms with Gasteiger partial charge in [0, 0.05) is 23.9 Å². The van der Waals surface area contributed by atoms with Crippen LogP contribution in [0.1, 0.15) is 46.5 Å². The molecule has 1 amide bonds. The summed E-state index contributed by atoms with van der Waals surface area (Å²) in [6.45, 7) is 7.44. The van der Waals surface area contributed by atoms with Gasteiger partial charge in [-0.05, 0) is 63.9 Å². The first kappa shape index (κ1) is 17.7. The van der Waals surface area contributed by atoms with Crippen LogP contribution in [-0.2, 0) is 14.3 Å². The van der Waals surface area contributed by atoms with Gasteiger partial charge in [-0.15, -0.1) is 0 Å². The van der Waals surface area contributed by atoms with Crippen molar-refractivity contribution >= 4 is 5.91 Å². The highest BCUT2D eigenvalue weighted by Crippen LogP contribution is 2.77. The fraction of sp³-hybridized carbons (Fsp3) is 0.783. The van der Waals surface area contributed by atoms with Crippen molar-refractivity contribution in [3.05, 3.63) is 23.3 Å². The first-order valence-electron chi connectivity index (χ1n) is 11.0. The number of hydrogen-bond donors (Lipinski definition) is 1. The van der Waals surface area contributed by atoms with Gasteiger partial charge in [0.25, 0.3) is 0 Å². The molecular weight excluding hydrogens is 354 g/mol. The summed E-state index contributed by atoms with van der Waals surface area (Å²) in [6.07, 6.45) is 8.62. The Morgan fingerprint density at radius 1 is 1.36 bits per heavy atom. The molecule has 152 valence electrons. The van der Waals surface area contributed by atoms with Gasteiger partial charge in [-0.2, -0.15) is 0 Å². The maximum absolute atomic E-state index is 13.9. The normalized spacial score (nSPS) is 50.1. The summed E-state index contributed by atoms with van der Waals surface area (Å²) in [6, 6.07) is 0.319. The molecule has 6 aliphatic rings. The Bertz CT molecular complexity index is 815. The van der Waals surface area contributed by atoms with Crippen molar-refractivity contribution in [1.29, 1.82) is 0 Å². The number of carbonyl (C=O) groups is 1. The zero-order valence-corrected chi connectivity index (χ0v) is 17.1. The predicted octanol–water partition coefficient (Wildman–Crippen LogP) is 2.65. The van der Waals surface area contributed by atoms with Crippen LogP contribution in [-0.4, -0.2) is 53.6 Å². The maximum Gasteiger partial charge on any atom is 0.234 e. The molecule has 6 rings (SSSR count). The molecule has 0 aromatic heterocycles. The van der Waals surface area contributed by atoms with Gasteiger partial charge in [0.05, 0.1) is 19.3 Å². The number of aliphatic hydroxyl groups is 1. The number of allylic oxidation sites excluding steroid dienone is 1. The van der Waals surface area contributed by atoms with E-state index in [0.717, 1.165) is 37.8 Å². The zero-order valence-electron chi connectivity index (χ0n) is 17.1. The third-order valence-electron chi connectivity index (χ3n) is 9.16. The lowest BCUT2D eigenvalue weighted by Crippen LogP contribution is -2.74. The average Bonchev–Trinajstić information content (AvgIpc) is 3.11. The highest BCUT2D eigenvalue weighted by Gasteiger charge is 2.80. The lowest BCUT2D eigenvalue weighted by molar-refractivity contribution is -0.344. The SMILES string of the molecule is CCN1C(=O)[C@]23COC(C)(C)O[C@@H]2CCC24C5CC=C(CO)C=C5C(CC23)[C@@H]14. The minimum Gasteiger partial charge on any atom is -0.392 e. The third kappa shape index (κ3) is 1.75. The first-order valence-corrected chi connectivity index (χ1v) is 11.0. The molecule has 4 unspecified atom stereocenters. The smallest absolute Gasteiger partial charge is 0.234 e. The fourth-order valence-electron chi connectivity index (χ4n) is 8.40. The van der Waals surface area contributed by atoms with Gasteiger partial charge < -0.3 is 19.5 Å². The molecular formula is C23H31NO4. The van der Waals surface area contributed by atoms with E-state index in [1.165, 1.54) is 5.57 Å². The van der Waals surface area contributed by atoms with Crippen molar-refractivity contribution in [2.45, 2.75) is 64.4 Å². The van der Waals surface area contributed by atoms with E-state index in [1.54, 1.807) is 0 Å². The van der Waals surface area contributed by atoms with E-state index in [2.05, 4.69) is 24.0 Å². The number of piperidine rings is 1. The van der Waals surface area contributed by atoms with Crippen LogP contribution in [0.25, 0.3) is 0 Å². The van der Waals surface area contributed by atoms with E-state index in [0.29, 0.717) is 30.4 Å². The molecule has 0 radical (unpaired) electrons. The van der Waals surface area contributed by atoms with E-state index >= 15 is 0 Å². The Morgan fingerprint density at radius 3 is 2.93 bits per heavy atom. The van der Waals surface area contributed by atoms with Crippen molar-refractivity contribution in [2.24, 2.45) is 28.6 Å². The maximum atomic E-state index is 13.9. The van der Waals surface area contributed by atoms with E-state index < -0.39 is 11.2 Å². The topological polar surface area (TPSA) is 59.0 Å². The number of likely N-dealkylation sites (tertiary alicyclic amines) is 1. The highest BCUT2D eigenvalue weighted by atomic mass is 16.7. The molecule has 2 spiro atoms. The molecule has 2 aliphatic heterocycles. The van der Waals surface area contributed by atoms with Gasteiger partial charge in [0.1, 0.15) is 5.41 Å². The molecule has 5 nitrogen and oxygen atoms in total. The summed E-state index contributed by atoms with van der Waals surface area (Å²) < 4.78 is 12.6. The quantitative estimate of drug-likeness (QED) is 0.794. The van der Waals surface area contributed by atoms with E-state index in [4.69, 9.17) is 9.47 Å². The van der Waals surface area contributed by atoms with Gasteiger partial charge >= 0.3 is 0 Å². The number of nitrogens with zero attached hydrogens (tertiary/aromatic N) is 1. The summed E-state index contributed by atoms with van der Waals surface area (Å²) in [4.78, 5) is 16.1. The first-order chi connectivity index (χ1) is 13.4. The Balaban J connectivity index is 1.51. The van der Waals surface area contributed by atoms with Crippen molar-refractivity contribution in [2.75, 3.05) is 19.8 Å². The van der Waals surface area contributed by atoms with Crippen LogP contribution < -0.4 is 0 Å². The van der Waals surface area contributed by atoms with Crippen molar-refractivity contribution in [3.8, 4) is 0 Å². The van der Waals surface area contributed by atoms with Crippen LogP contribution in [0.4, 0.5) is 0 Å². The van der Waals surface area contributed by atoms with Crippen LogP contribution in [0.3, 0.4) is 0 Å². The molecule has 5 bridgehead atoms. The van der Waals surface area contributed by atoms with Crippen LogP contribution in [0.2, 0.25) is 0 Å². The Labute approximate surface area is 166 Å². The summed E-state index contributed by atoms with van der Waals surface area (Å²) in [5, 5.41) is 9.68. The molecule has 0 aromatic carbocycles. The summed E-state index contributed by atoms with van der Waals surface area (Å²) >= 11 is 0. The van der Waals surface area contributed by atoms with Gasteiger partial charge in [-0.3, -0.25) is 4.79 Å². The second-order valence-corrected chi connectivity index (χ2v) is 10.3. The lowest BCUT2D eigenvalue weighted by Gasteiger charge is -2.65. The number of fused-ring (bicyclic) bond motifs is 2. The summed E-state index contributed by atoms with van der Waals surface area (Å²) in [7, 11) is 0. The number of amides is 1. The fourth-order valence-corrected chi connectivity index (χ4v) is 8.40. The lowest BCUT2D eigenvalue weighted by atomic mass is 9.46. The van der Waals surface area contributed by atoms with Gasteiger partial charge in [0.15, 0.2) is 5.79 Å². The predicted molar refractivity (Wildman–Crippen MR) is 103 cm³/mol. The standard InChI is InChI=1S/C23H31NO4/c1-4-24-19-15-10-17-22(19,16-6-5-13(11-25)9-14(15)16)8-7-18-23(17,20(24)26)12-27-21(2,3)28-18/h5,9,15-19,25H,4,6-8,10-12H2,1-3H3/t15?,16?,17?,18-,19-,22?,23+/m1/s1. The Kier molecular flexibility index (Phi) is 3.34. The number of hydrogen-bond acceptors (Lipinski definition) is 4. The summed E-state index contributed by atoms with van der Waals surface area (Å²) in [5.74, 6) is 0.957. The number of aliphatic hydroxyl groups excluding tert-OH is 1. The molecule has 5 fully saturated rings. The van der Waals surface area contributed by atoms with E-state index in [9.17, 15) is 9.90 Å². The molecule has 4 aliphatic carbocycles. The zero-order chi connectivity index (χ0) is 19.5. The molecule has 2 heterocycles. The number of carbonyl (C=O) groups excluding carboxylic acids is 1. The van der Waals surface area contributed by atoms with Gasteiger partial charge in [-0.1, -0.05) is 17.7 Å². The number of ether oxygens (including phenoxy) is 2. The van der Waals surface area contributed by atoms with E-state index in [1.807, 2.05) is 13.8 Å². The molecule has 2 saturated heterocycles. The van der Waals surface area contributed by atoms with Crippen LogP contribution in [0, 0.1) is 28.6 Å². The molecule has 5 heteroatoms. The average molecular weight is 386 g/mol. The summed E-state index contributed by atoms with van der Waals surface area (Å²) in [5.41, 5.74) is 2.20. The van der Waals surface area contributed by atoms with Gasteiger partial charge in [0.2, 0.25) is 5.91 Å². The second kappa shape index (κ2) is 5.30. The molecule has 1 N–H and O–H groups in total. The van der Waals surface area contributed by atoms with E-state index in [-0.39, 0.29) is 24.0 Å². The minimum atomic E-state index is -0.610. The molecule has 3 saturated carbocycles. The highest BCUT2D eigenvalue weighted by molar-refractivity contribution is 5.87.